The molecule has 2 rings (SSSR count). The van der Waals surface area contributed by atoms with E-state index in [1.165, 1.54) is 0 Å². The van der Waals surface area contributed by atoms with Crippen LogP contribution in [0.1, 0.15) is 59.9 Å². The summed E-state index contributed by atoms with van der Waals surface area (Å²) in [6.07, 6.45) is 0.0394. The van der Waals surface area contributed by atoms with Crippen molar-refractivity contribution in [1.29, 1.82) is 0 Å². The Bertz CT molecular complexity index is 778. The summed E-state index contributed by atoms with van der Waals surface area (Å²) in [5, 5.41) is 0. The molecule has 0 saturated heterocycles. The first-order valence-corrected chi connectivity index (χ1v) is 8.24. The largest absolute Gasteiger partial charge is 0.467 e. The van der Waals surface area contributed by atoms with Gasteiger partial charge in [-0.25, -0.2) is 0 Å². The normalized spacial score (nSPS) is 14.2. The number of benzene rings is 1. The monoisotopic (exact) mass is 359 g/mol. The molecule has 0 radical (unpaired) electrons. The van der Waals surface area contributed by atoms with E-state index < -0.39 is 5.41 Å². The van der Waals surface area contributed by atoms with Crippen molar-refractivity contribution >= 4 is 35.9 Å². The number of hydrogen-bond donors (Lipinski definition) is 0. The molecule has 0 saturated carbocycles. The molecule has 0 spiro atoms. The first kappa shape index (κ1) is 19.5. The molecule has 1 heterocycles. The quantitative estimate of drug-likeness (QED) is 0.362. The van der Waals surface area contributed by atoms with Gasteiger partial charge in [-0.2, -0.15) is 0 Å². The molecule has 7 nitrogen and oxygen atoms in total. The number of ketones is 2. The van der Waals surface area contributed by atoms with Crippen LogP contribution in [-0.4, -0.2) is 43.4 Å². The number of fused-ring (bicyclic) bond motifs is 1. The molecule has 0 bridgehead atoms. The highest BCUT2D eigenvalue weighted by atomic mass is 16.5. The minimum Gasteiger partial charge on any atom is -0.467 e. The van der Waals surface area contributed by atoms with Gasteiger partial charge >= 0.3 is 0 Å². The molecule has 26 heavy (non-hydrogen) atoms. The summed E-state index contributed by atoms with van der Waals surface area (Å²) in [4.78, 5) is 50.1. The van der Waals surface area contributed by atoms with E-state index in [1.54, 1.807) is 12.1 Å². The van der Waals surface area contributed by atoms with Crippen LogP contribution in [0.5, 0.6) is 0 Å². The Labute approximate surface area is 151 Å². The van der Waals surface area contributed by atoms with Gasteiger partial charge in [-0.05, 0) is 24.6 Å². The van der Waals surface area contributed by atoms with Crippen LogP contribution in [0.25, 0.3) is 0 Å². The van der Waals surface area contributed by atoms with Crippen LogP contribution in [0.15, 0.2) is 17.1 Å². The van der Waals surface area contributed by atoms with Crippen molar-refractivity contribution in [1.82, 2.24) is 0 Å². The lowest BCUT2D eigenvalue weighted by Gasteiger charge is -2.23. The van der Waals surface area contributed by atoms with Crippen LogP contribution in [-0.2, 0) is 24.5 Å². The van der Waals surface area contributed by atoms with Crippen LogP contribution >= 0.6 is 0 Å². The molecule has 0 fully saturated rings. The predicted molar refractivity (Wildman–Crippen MR) is 94.2 cm³/mol. The van der Waals surface area contributed by atoms with Gasteiger partial charge in [0.05, 0.1) is 18.9 Å². The Balaban J connectivity index is 2.42. The first-order chi connectivity index (χ1) is 12.3. The summed E-state index contributed by atoms with van der Waals surface area (Å²) in [7, 11) is 0. The number of ether oxygens (including phenoxy) is 2. The van der Waals surface area contributed by atoms with E-state index in [0.29, 0.717) is 23.3 Å². The van der Waals surface area contributed by atoms with E-state index in [0.717, 1.165) is 11.3 Å². The molecule has 7 heteroatoms. The van der Waals surface area contributed by atoms with Gasteiger partial charge in [0.1, 0.15) is 0 Å². The van der Waals surface area contributed by atoms with Gasteiger partial charge in [0.25, 0.3) is 12.9 Å². The second kappa shape index (κ2) is 8.03. The van der Waals surface area contributed by atoms with Crippen molar-refractivity contribution in [3.63, 3.8) is 0 Å². The highest BCUT2D eigenvalue weighted by Gasteiger charge is 2.36. The van der Waals surface area contributed by atoms with Crippen molar-refractivity contribution in [2.45, 2.75) is 39.0 Å². The molecular weight excluding hydrogens is 338 g/mol. The Hall–Kier alpha value is -2.83. The Morgan fingerprint density at radius 3 is 2.19 bits per heavy atom. The van der Waals surface area contributed by atoms with Gasteiger partial charge in [0.2, 0.25) is 0 Å². The van der Waals surface area contributed by atoms with Crippen molar-refractivity contribution in [2.75, 3.05) is 13.2 Å². The lowest BCUT2D eigenvalue weighted by Crippen LogP contribution is -2.26. The SMILES string of the molecule is CC1=Nc2cc(C(=O)CCOC=O)cc(C(=O)CCOC=O)c2C1(C)C. The number of carbonyl (C=O) groups excluding carboxylic acids is 4. The van der Waals surface area contributed by atoms with Gasteiger partial charge in [0, 0.05) is 35.1 Å². The molecule has 0 aliphatic carbocycles. The smallest absolute Gasteiger partial charge is 0.293 e. The fraction of sp³-hybridized carbons (Fsp3) is 0.421. The third-order valence-electron chi connectivity index (χ3n) is 4.59. The Morgan fingerprint density at radius 2 is 1.62 bits per heavy atom. The van der Waals surface area contributed by atoms with E-state index in [4.69, 9.17) is 0 Å². The summed E-state index contributed by atoms with van der Waals surface area (Å²) in [5.41, 5.74) is 2.52. The second-order valence-electron chi connectivity index (χ2n) is 6.52. The van der Waals surface area contributed by atoms with Crippen molar-refractivity contribution in [3.05, 3.63) is 28.8 Å². The molecule has 1 aromatic carbocycles. The molecular formula is C19H21NO6. The zero-order chi connectivity index (χ0) is 19.3. The Kier molecular flexibility index (Phi) is 6.02. The summed E-state index contributed by atoms with van der Waals surface area (Å²) in [6.45, 7) is 6.34. The lowest BCUT2D eigenvalue weighted by atomic mass is 9.78. The standard InChI is InChI=1S/C19H21NO6/c1-12-19(2,3)18-14(17(24)5-7-26-11-22)8-13(9-15(18)20-12)16(23)4-6-25-10-21/h8-11H,4-7H2,1-3H3. The predicted octanol–water partition coefficient (Wildman–Crippen LogP) is 2.56. The minimum atomic E-state index is -0.436. The van der Waals surface area contributed by atoms with E-state index in [1.807, 2.05) is 20.8 Å². The molecule has 0 aromatic heterocycles. The number of aliphatic imine (C=N–C) groups is 1. The molecule has 1 aliphatic heterocycles. The third-order valence-corrected chi connectivity index (χ3v) is 4.59. The number of rotatable bonds is 10. The number of hydrogen-bond acceptors (Lipinski definition) is 7. The molecule has 1 aliphatic rings. The van der Waals surface area contributed by atoms with Crippen LogP contribution in [0, 0.1) is 0 Å². The maximum atomic E-state index is 12.7. The first-order valence-electron chi connectivity index (χ1n) is 8.24. The fourth-order valence-corrected chi connectivity index (χ4v) is 2.93. The zero-order valence-electron chi connectivity index (χ0n) is 15.0. The van der Waals surface area contributed by atoms with E-state index in [2.05, 4.69) is 14.5 Å². The minimum absolute atomic E-state index is 0.0193. The molecule has 1 aromatic rings. The topological polar surface area (TPSA) is 99.1 Å². The van der Waals surface area contributed by atoms with Gasteiger partial charge in [0.15, 0.2) is 11.6 Å². The van der Waals surface area contributed by atoms with Gasteiger partial charge < -0.3 is 9.47 Å². The highest BCUT2D eigenvalue weighted by molar-refractivity contribution is 6.09. The molecule has 0 N–H and O–H groups in total. The van der Waals surface area contributed by atoms with Crippen molar-refractivity contribution in [3.8, 4) is 0 Å². The van der Waals surface area contributed by atoms with Crippen LogP contribution in [0.4, 0.5) is 5.69 Å². The lowest BCUT2D eigenvalue weighted by molar-refractivity contribution is -0.129. The average molecular weight is 359 g/mol. The zero-order valence-corrected chi connectivity index (χ0v) is 15.0. The third kappa shape index (κ3) is 3.87. The second-order valence-corrected chi connectivity index (χ2v) is 6.52. The molecule has 138 valence electrons. The summed E-state index contributed by atoms with van der Waals surface area (Å²) in [5.74, 6) is -0.467. The summed E-state index contributed by atoms with van der Waals surface area (Å²) < 4.78 is 9.18. The van der Waals surface area contributed by atoms with Gasteiger partial charge in [-0.3, -0.25) is 24.2 Å². The van der Waals surface area contributed by atoms with Gasteiger partial charge in [-0.1, -0.05) is 13.8 Å². The number of Topliss-reactive ketones (excluding diaryl/α,β-unsaturated/α-hetero) is 2. The van der Waals surface area contributed by atoms with Crippen LogP contribution < -0.4 is 0 Å². The molecule has 0 atom stereocenters. The Morgan fingerprint density at radius 1 is 1.04 bits per heavy atom. The fourth-order valence-electron chi connectivity index (χ4n) is 2.93. The molecule has 0 amide bonds. The van der Waals surface area contributed by atoms with Crippen molar-refractivity contribution < 1.29 is 28.7 Å². The average Bonchev–Trinajstić information content (AvgIpc) is 2.83. The maximum Gasteiger partial charge on any atom is 0.293 e. The van der Waals surface area contributed by atoms with Crippen LogP contribution in [0.3, 0.4) is 0 Å². The number of nitrogens with zero attached hydrogens (tertiary/aromatic N) is 1. The summed E-state index contributed by atoms with van der Waals surface area (Å²) >= 11 is 0. The summed E-state index contributed by atoms with van der Waals surface area (Å²) in [6, 6.07) is 3.22. The maximum absolute atomic E-state index is 12.7. The van der Waals surface area contributed by atoms with Gasteiger partial charge in [-0.15, -0.1) is 0 Å². The van der Waals surface area contributed by atoms with Crippen LogP contribution in [0.2, 0.25) is 0 Å². The number of carbonyl (C=O) groups is 4. The van der Waals surface area contributed by atoms with E-state index >= 15 is 0 Å². The highest BCUT2D eigenvalue weighted by Crippen LogP contribution is 2.43. The van der Waals surface area contributed by atoms with E-state index in [9.17, 15) is 19.2 Å². The van der Waals surface area contributed by atoms with E-state index in [-0.39, 0.29) is 44.1 Å². The molecule has 0 unspecified atom stereocenters. The van der Waals surface area contributed by atoms with Crippen molar-refractivity contribution in [2.24, 2.45) is 4.99 Å².